The molecule has 12 nitrogen and oxygen atoms in total. The summed E-state index contributed by atoms with van der Waals surface area (Å²) in [6.45, 7) is 1.25. The lowest BCUT2D eigenvalue weighted by atomic mass is 10.0. The van der Waals surface area contributed by atoms with E-state index in [-0.39, 0.29) is 17.2 Å². The fourth-order valence-corrected chi connectivity index (χ4v) is 6.54. The van der Waals surface area contributed by atoms with Crippen LogP contribution in [0.1, 0.15) is 12.5 Å². The van der Waals surface area contributed by atoms with E-state index in [2.05, 4.69) is 20.7 Å². The molecule has 0 aliphatic carbocycles. The number of carbonyl (C=O) groups is 4. The molecule has 0 radical (unpaired) electrons. The number of esters is 1. The van der Waals surface area contributed by atoms with Gasteiger partial charge in [0, 0.05) is 24.0 Å². The van der Waals surface area contributed by atoms with Crippen molar-refractivity contribution in [3.05, 3.63) is 46.6 Å². The number of oxime groups is 1. The van der Waals surface area contributed by atoms with Gasteiger partial charge in [0.25, 0.3) is 11.8 Å². The molecule has 2 aliphatic heterocycles. The maximum Gasteiger partial charge on any atom is 0.352 e. The third-order valence-corrected chi connectivity index (χ3v) is 8.30. The molecule has 1 aromatic carbocycles. The van der Waals surface area contributed by atoms with Crippen molar-refractivity contribution in [3.8, 4) is 5.75 Å². The molecular formula is C21H19N5O7S3. The highest BCUT2D eigenvalue weighted by atomic mass is 32.2. The van der Waals surface area contributed by atoms with E-state index in [0.29, 0.717) is 27.0 Å². The van der Waals surface area contributed by atoms with Gasteiger partial charge < -0.3 is 20.0 Å². The Labute approximate surface area is 217 Å². The molecule has 15 heteroatoms. The number of carbonyl (C=O) groups excluding carboxylic acids is 3. The van der Waals surface area contributed by atoms with Crippen LogP contribution in [0.2, 0.25) is 0 Å². The summed E-state index contributed by atoms with van der Waals surface area (Å²) in [7, 11) is 1.27. The molecule has 0 spiro atoms. The fourth-order valence-electron chi connectivity index (χ4n) is 3.57. The Morgan fingerprint density at radius 3 is 2.83 bits per heavy atom. The lowest BCUT2D eigenvalue weighted by Gasteiger charge is -2.49. The first-order chi connectivity index (χ1) is 17.3. The molecule has 2 aliphatic rings. The standard InChI is InChI=1S/C21H19N5O7S3/c1-10(27)33-13-5-3-4-11(6-13)14(25-32-2)17(28)23-15-18(29)26-16(20(30)31)12(7-34-19(15)26)8-35-21-24-22-9-36-21/h3-6,9,15,19H,7-8H2,1-2H3,(H,23,28)(H,30,31)/b25-14+/t15?,19-/m1/s1. The van der Waals surface area contributed by atoms with E-state index in [1.54, 1.807) is 23.7 Å². The Morgan fingerprint density at radius 2 is 2.17 bits per heavy atom. The van der Waals surface area contributed by atoms with Gasteiger partial charge in [-0.25, -0.2) is 4.79 Å². The number of benzene rings is 1. The average molecular weight is 550 g/mol. The smallest absolute Gasteiger partial charge is 0.352 e. The largest absolute Gasteiger partial charge is 0.477 e. The third kappa shape index (κ3) is 5.37. The van der Waals surface area contributed by atoms with Crippen molar-refractivity contribution in [1.82, 2.24) is 20.4 Å². The van der Waals surface area contributed by atoms with Gasteiger partial charge in [0.1, 0.15) is 35.5 Å². The number of aromatic nitrogens is 2. The van der Waals surface area contributed by atoms with E-state index in [9.17, 15) is 24.3 Å². The fraction of sp³-hybridized carbons (Fsp3) is 0.286. The second-order valence-corrected chi connectivity index (χ2v) is 10.5. The van der Waals surface area contributed by atoms with E-state index in [1.807, 2.05) is 0 Å². The zero-order chi connectivity index (χ0) is 25.8. The highest BCUT2D eigenvalue weighted by Crippen LogP contribution is 2.41. The van der Waals surface area contributed by atoms with Crippen LogP contribution in [0.5, 0.6) is 5.75 Å². The van der Waals surface area contributed by atoms with E-state index in [4.69, 9.17) is 9.57 Å². The van der Waals surface area contributed by atoms with Gasteiger partial charge in [-0.05, 0) is 17.7 Å². The Kier molecular flexibility index (Phi) is 7.91. The van der Waals surface area contributed by atoms with Gasteiger partial charge in [-0.15, -0.1) is 22.0 Å². The number of amides is 2. The summed E-state index contributed by atoms with van der Waals surface area (Å²) >= 11 is 4.05. The molecule has 2 amide bonds. The summed E-state index contributed by atoms with van der Waals surface area (Å²) in [6, 6.07) is 5.18. The molecule has 1 aromatic heterocycles. The summed E-state index contributed by atoms with van der Waals surface area (Å²) in [5.41, 5.74) is 2.26. The number of ether oxygens (including phenoxy) is 1. The number of hydrogen-bond acceptors (Lipinski definition) is 12. The quantitative estimate of drug-likeness (QED) is 0.116. The number of nitrogens with one attached hydrogen (secondary N) is 1. The van der Waals surface area contributed by atoms with Gasteiger partial charge in [0.05, 0.1) is 0 Å². The predicted octanol–water partition coefficient (Wildman–Crippen LogP) is 1.34. The van der Waals surface area contributed by atoms with Gasteiger partial charge in [0.15, 0.2) is 10.1 Å². The van der Waals surface area contributed by atoms with Crippen molar-refractivity contribution in [2.24, 2.45) is 5.16 Å². The Balaban J connectivity index is 1.49. The van der Waals surface area contributed by atoms with Crippen molar-refractivity contribution in [3.63, 3.8) is 0 Å². The molecule has 1 unspecified atom stereocenters. The number of fused-ring (bicyclic) bond motifs is 1. The number of nitrogens with zero attached hydrogens (tertiary/aromatic N) is 4. The Morgan fingerprint density at radius 1 is 1.36 bits per heavy atom. The molecule has 36 heavy (non-hydrogen) atoms. The maximum atomic E-state index is 13.1. The summed E-state index contributed by atoms with van der Waals surface area (Å²) in [4.78, 5) is 55.3. The lowest BCUT2D eigenvalue weighted by molar-refractivity contribution is -0.150. The molecular weight excluding hydrogens is 530 g/mol. The lowest BCUT2D eigenvalue weighted by Crippen LogP contribution is -2.71. The molecule has 0 saturated carbocycles. The predicted molar refractivity (Wildman–Crippen MR) is 132 cm³/mol. The Bertz CT molecular complexity index is 1260. The van der Waals surface area contributed by atoms with Gasteiger partial charge in [-0.2, -0.15) is 0 Å². The van der Waals surface area contributed by atoms with Crippen LogP contribution in [0, 0.1) is 0 Å². The van der Waals surface area contributed by atoms with Crippen molar-refractivity contribution >= 4 is 64.3 Å². The molecule has 1 fully saturated rings. The number of aliphatic carboxylic acids is 1. The van der Waals surface area contributed by atoms with Crippen LogP contribution < -0.4 is 10.1 Å². The number of β-lactam (4-membered cyclic amide) rings is 1. The van der Waals surface area contributed by atoms with E-state index in [0.717, 1.165) is 0 Å². The van der Waals surface area contributed by atoms with Crippen molar-refractivity contribution in [1.29, 1.82) is 0 Å². The van der Waals surface area contributed by atoms with Crippen LogP contribution in [0.15, 0.2) is 50.5 Å². The third-order valence-electron chi connectivity index (χ3n) is 5.01. The summed E-state index contributed by atoms with van der Waals surface area (Å²) in [5, 5.41) is 23.3. The monoisotopic (exact) mass is 549 g/mol. The first-order valence-corrected chi connectivity index (χ1v) is 13.2. The maximum absolute atomic E-state index is 13.1. The molecule has 0 bridgehead atoms. The van der Waals surface area contributed by atoms with Gasteiger partial charge in [-0.3, -0.25) is 19.3 Å². The summed E-state index contributed by atoms with van der Waals surface area (Å²) in [5.74, 6) is -2.05. The molecule has 2 aromatic rings. The summed E-state index contributed by atoms with van der Waals surface area (Å²) in [6.07, 6.45) is 0. The molecule has 3 heterocycles. The van der Waals surface area contributed by atoms with Crippen LogP contribution in [0.3, 0.4) is 0 Å². The first kappa shape index (κ1) is 25.7. The van der Waals surface area contributed by atoms with E-state index < -0.39 is 35.2 Å². The molecule has 4 rings (SSSR count). The number of carboxylic acids is 1. The highest BCUT2D eigenvalue weighted by molar-refractivity contribution is 8.01. The second-order valence-electron chi connectivity index (χ2n) is 7.36. The zero-order valence-corrected chi connectivity index (χ0v) is 21.3. The molecule has 2 N–H and O–H groups in total. The van der Waals surface area contributed by atoms with E-state index in [1.165, 1.54) is 59.9 Å². The number of hydrogen-bond donors (Lipinski definition) is 2. The molecule has 2 atom stereocenters. The van der Waals surface area contributed by atoms with Crippen LogP contribution >= 0.6 is 34.9 Å². The van der Waals surface area contributed by atoms with Crippen molar-refractivity contribution in [2.75, 3.05) is 18.6 Å². The van der Waals surface area contributed by atoms with Gasteiger partial charge in [-0.1, -0.05) is 40.4 Å². The van der Waals surface area contributed by atoms with E-state index >= 15 is 0 Å². The van der Waals surface area contributed by atoms with Crippen LogP contribution in [0.25, 0.3) is 0 Å². The molecule has 1 saturated heterocycles. The number of rotatable bonds is 9. The minimum Gasteiger partial charge on any atom is -0.477 e. The first-order valence-electron chi connectivity index (χ1n) is 10.3. The number of thioether (sulfide) groups is 2. The van der Waals surface area contributed by atoms with Gasteiger partial charge in [0.2, 0.25) is 0 Å². The van der Waals surface area contributed by atoms with Crippen LogP contribution in [-0.4, -0.2) is 79.7 Å². The average Bonchev–Trinajstić information content (AvgIpc) is 3.37. The zero-order valence-electron chi connectivity index (χ0n) is 18.9. The van der Waals surface area contributed by atoms with Gasteiger partial charge >= 0.3 is 11.9 Å². The van der Waals surface area contributed by atoms with Crippen LogP contribution in [0.4, 0.5) is 0 Å². The summed E-state index contributed by atoms with van der Waals surface area (Å²) < 4.78 is 5.75. The number of carboxylic acid groups (broad SMARTS) is 1. The van der Waals surface area contributed by atoms with Crippen LogP contribution in [-0.2, 0) is 24.0 Å². The molecule has 188 valence electrons. The normalized spacial score (nSPS) is 19.3. The SMILES string of the molecule is CO/N=C(/C(=O)NC1C(=O)N2C(C(=O)O)=C(CSc3nncs3)CS[C@H]12)c1cccc(OC(C)=O)c1. The second kappa shape index (κ2) is 11.1. The Hall–Kier alpha value is -3.43. The highest BCUT2D eigenvalue weighted by Gasteiger charge is 2.54. The van der Waals surface area contributed by atoms with Crippen molar-refractivity contribution < 1.29 is 33.9 Å². The topological polar surface area (TPSA) is 160 Å². The minimum atomic E-state index is -1.21. The van der Waals surface area contributed by atoms with Crippen molar-refractivity contribution in [2.45, 2.75) is 22.7 Å². The minimum absolute atomic E-state index is 0.0777.